The van der Waals surface area contributed by atoms with Gasteiger partial charge in [-0.15, -0.1) is 0 Å². The standard InChI is InChI=1S/C12H20BrN3/c1-8(2)12-10(13)11(15-16(12)3)9-4-6-14-7-5-9/h8-9,14H,4-7H2,1-3H3. The minimum absolute atomic E-state index is 0.516. The zero-order valence-electron chi connectivity index (χ0n) is 10.3. The molecule has 0 aromatic carbocycles. The molecule has 0 atom stereocenters. The first kappa shape index (κ1) is 12.1. The first-order valence-corrected chi connectivity index (χ1v) is 6.83. The molecular formula is C12H20BrN3. The topological polar surface area (TPSA) is 29.9 Å². The second-order valence-electron chi connectivity index (χ2n) is 4.89. The lowest BCUT2D eigenvalue weighted by atomic mass is 9.94. The molecule has 0 saturated carbocycles. The molecular weight excluding hydrogens is 266 g/mol. The van der Waals surface area contributed by atoms with Crippen molar-refractivity contribution in [3.8, 4) is 0 Å². The summed E-state index contributed by atoms with van der Waals surface area (Å²) in [6, 6.07) is 0. The fourth-order valence-electron chi connectivity index (χ4n) is 2.52. The predicted octanol–water partition coefficient (Wildman–Crippen LogP) is 2.77. The van der Waals surface area contributed by atoms with Crippen LogP contribution in [-0.4, -0.2) is 22.9 Å². The summed E-state index contributed by atoms with van der Waals surface area (Å²) in [4.78, 5) is 0. The molecule has 0 amide bonds. The van der Waals surface area contributed by atoms with E-state index in [1.807, 2.05) is 11.7 Å². The lowest BCUT2D eigenvalue weighted by Crippen LogP contribution is -2.27. The van der Waals surface area contributed by atoms with Crippen molar-refractivity contribution in [2.24, 2.45) is 7.05 Å². The van der Waals surface area contributed by atoms with E-state index in [0.717, 1.165) is 13.1 Å². The van der Waals surface area contributed by atoms with Crippen LogP contribution in [0.25, 0.3) is 0 Å². The third-order valence-corrected chi connectivity index (χ3v) is 4.14. The molecule has 2 rings (SSSR count). The average molecular weight is 286 g/mol. The number of aryl methyl sites for hydroxylation is 1. The van der Waals surface area contributed by atoms with Gasteiger partial charge >= 0.3 is 0 Å². The van der Waals surface area contributed by atoms with E-state index in [1.54, 1.807) is 0 Å². The normalized spacial score (nSPS) is 18.3. The van der Waals surface area contributed by atoms with E-state index in [9.17, 15) is 0 Å². The molecule has 2 heterocycles. The van der Waals surface area contributed by atoms with Gasteiger partial charge in [-0.05, 0) is 47.8 Å². The molecule has 0 radical (unpaired) electrons. The molecule has 0 unspecified atom stereocenters. The monoisotopic (exact) mass is 285 g/mol. The SMILES string of the molecule is CC(C)c1c(Br)c(C2CCNCC2)nn1C. The van der Waals surface area contributed by atoms with E-state index >= 15 is 0 Å². The fraction of sp³-hybridized carbons (Fsp3) is 0.750. The molecule has 4 heteroatoms. The number of nitrogens with one attached hydrogen (secondary N) is 1. The Hall–Kier alpha value is -0.350. The number of halogens is 1. The van der Waals surface area contributed by atoms with Crippen molar-refractivity contribution in [1.29, 1.82) is 0 Å². The maximum absolute atomic E-state index is 4.70. The number of hydrogen-bond acceptors (Lipinski definition) is 2. The summed E-state index contributed by atoms with van der Waals surface area (Å²) in [6.45, 7) is 6.66. The molecule has 1 N–H and O–H groups in total. The minimum Gasteiger partial charge on any atom is -0.317 e. The van der Waals surface area contributed by atoms with Gasteiger partial charge in [-0.25, -0.2) is 0 Å². The molecule has 0 aliphatic carbocycles. The van der Waals surface area contributed by atoms with Gasteiger partial charge in [0.15, 0.2) is 0 Å². The van der Waals surface area contributed by atoms with Crippen molar-refractivity contribution in [2.75, 3.05) is 13.1 Å². The van der Waals surface area contributed by atoms with Crippen LogP contribution in [0.4, 0.5) is 0 Å². The smallest absolute Gasteiger partial charge is 0.0801 e. The lowest BCUT2D eigenvalue weighted by Gasteiger charge is -2.21. The molecule has 0 bridgehead atoms. The summed E-state index contributed by atoms with van der Waals surface area (Å²) in [5, 5.41) is 8.10. The van der Waals surface area contributed by atoms with Crippen LogP contribution in [0.1, 0.15) is 49.9 Å². The van der Waals surface area contributed by atoms with Gasteiger partial charge in [-0.2, -0.15) is 5.10 Å². The lowest BCUT2D eigenvalue weighted by molar-refractivity contribution is 0.449. The van der Waals surface area contributed by atoms with Gasteiger partial charge in [0, 0.05) is 13.0 Å². The molecule has 1 aromatic heterocycles. The van der Waals surface area contributed by atoms with E-state index in [1.165, 1.54) is 28.7 Å². The van der Waals surface area contributed by atoms with Crippen LogP contribution in [0, 0.1) is 0 Å². The summed E-state index contributed by atoms with van der Waals surface area (Å²) in [7, 11) is 2.05. The van der Waals surface area contributed by atoms with Crippen molar-refractivity contribution in [2.45, 2.75) is 38.5 Å². The molecule has 0 spiro atoms. The van der Waals surface area contributed by atoms with Gasteiger partial charge in [0.1, 0.15) is 0 Å². The van der Waals surface area contributed by atoms with Gasteiger partial charge in [0.05, 0.1) is 15.9 Å². The summed E-state index contributed by atoms with van der Waals surface area (Å²) in [5.41, 5.74) is 2.57. The number of aromatic nitrogens is 2. The molecule has 1 fully saturated rings. The summed E-state index contributed by atoms with van der Waals surface area (Å²) < 4.78 is 3.27. The minimum atomic E-state index is 0.516. The van der Waals surface area contributed by atoms with Crippen LogP contribution in [-0.2, 0) is 7.05 Å². The number of rotatable bonds is 2. The number of nitrogens with zero attached hydrogens (tertiary/aromatic N) is 2. The molecule has 1 aliphatic rings. The Morgan fingerprint density at radius 3 is 2.50 bits per heavy atom. The zero-order valence-corrected chi connectivity index (χ0v) is 11.8. The quantitative estimate of drug-likeness (QED) is 0.906. The highest BCUT2D eigenvalue weighted by molar-refractivity contribution is 9.10. The second-order valence-corrected chi connectivity index (χ2v) is 5.68. The van der Waals surface area contributed by atoms with E-state index < -0.39 is 0 Å². The Kier molecular flexibility index (Phi) is 3.70. The van der Waals surface area contributed by atoms with Crippen LogP contribution in [0.5, 0.6) is 0 Å². The number of piperidine rings is 1. The first-order valence-electron chi connectivity index (χ1n) is 6.04. The van der Waals surface area contributed by atoms with Crippen molar-refractivity contribution >= 4 is 15.9 Å². The van der Waals surface area contributed by atoms with Crippen molar-refractivity contribution in [1.82, 2.24) is 15.1 Å². The second kappa shape index (κ2) is 4.88. The first-order chi connectivity index (χ1) is 7.61. The maximum atomic E-state index is 4.70. The Morgan fingerprint density at radius 1 is 1.38 bits per heavy atom. The zero-order chi connectivity index (χ0) is 11.7. The molecule has 1 aromatic rings. The van der Waals surface area contributed by atoms with Gasteiger partial charge in [0.2, 0.25) is 0 Å². The van der Waals surface area contributed by atoms with E-state index in [-0.39, 0.29) is 0 Å². The highest BCUT2D eigenvalue weighted by atomic mass is 79.9. The van der Waals surface area contributed by atoms with E-state index in [2.05, 4.69) is 35.1 Å². The van der Waals surface area contributed by atoms with Crippen molar-refractivity contribution in [3.05, 3.63) is 15.9 Å². The van der Waals surface area contributed by atoms with Crippen molar-refractivity contribution in [3.63, 3.8) is 0 Å². The summed E-state index contributed by atoms with van der Waals surface area (Å²) in [5.74, 6) is 1.14. The van der Waals surface area contributed by atoms with Crippen LogP contribution in [0.15, 0.2) is 4.47 Å². The van der Waals surface area contributed by atoms with Crippen LogP contribution in [0.3, 0.4) is 0 Å². The van der Waals surface area contributed by atoms with E-state index in [0.29, 0.717) is 11.8 Å². The van der Waals surface area contributed by atoms with Gasteiger partial charge in [0.25, 0.3) is 0 Å². The molecule has 1 saturated heterocycles. The third-order valence-electron chi connectivity index (χ3n) is 3.33. The fourth-order valence-corrected chi connectivity index (χ4v) is 3.63. The van der Waals surface area contributed by atoms with E-state index in [4.69, 9.17) is 5.10 Å². The molecule has 16 heavy (non-hydrogen) atoms. The Balaban J connectivity index is 2.30. The summed E-state index contributed by atoms with van der Waals surface area (Å²) >= 11 is 3.73. The predicted molar refractivity (Wildman–Crippen MR) is 69.8 cm³/mol. The van der Waals surface area contributed by atoms with Gasteiger partial charge in [-0.1, -0.05) is 13.8 Å². The third kappa shape index (κ3) is 2.18. The highest BCUT2D eigenvalue weighted by Crippen LogP contribution is 2.35. The Labute approximate surface area is 106 Å². The maximum Gasteiger partial charge on any atom is 0.0801 e. The highest BCUT2D eigenvalue weighted by Gasteiger charge is 2.24. The molecule has 3 nitrogen and oxygen atoms in total. The van der Waals surface area contributed by atoms with Crippen LogP contribution >= 0.6 is 15.9 Å². The molecule has 90 valence electrons. The largest absolute Gasteiger partial charge is 0.317 e. The number of hydrogen-bond donors (Lipinski definition) is 1. The molecule has 1 aliphatic heterocycles. The van der Waals surface area contributed by atoms with Crippen LogP contribution < -0.4 is 5.32 Å². The van der Waals surface area contributed by atoms with Gasteiger partial charge < -0.3 is 5.32 Å². The summed E-state index contributed by atoms with van der Waals surface area (Å²) in [6.07, 6.45) is 2.40. The average Bonchev–Trinajstić information content (AvgIpc) is 2.55. The van der Waals surface area contributed by atoms with Crippen LogP contribution in [0.2, 0.25) is 0 Å². The Bertz CT molecular complexity index is 365. The Morgan fingerprint density at radius 2 is 2.00 bits per heavy atom. The van der Waals surface area contributed by atoms with Gasteiger partial charge in [-0.3, -0.25) is 4.68 Å². The van der Waals surface area contributed by atoms with Crippen molar-refractivity contribution < 1.29 is 0 Å².